The van der Waals surface area contributed by atoms with Crippen LogP contribution in [0.3, 0.4) is 0 Å². The van der Waals surface area contributed by atoms with E-state index in [0.717, 1.165) is 0 Å². The van der Waals surface area contributed by atoms with Crippen molar-refractivity contribution in [2.45, 2.75) is 25.5 Å². The predicted molar refractivity (Wildman–Crippen MR) is 73.8 cm³/mol. The Kier molecular flexibility index (Phi) is 5.91. The molecule has 0 radical (unpaired) electrons. The topological polar surface area (TPSA) is 70.6 Å². The predicted octanol–water partition coefficient (Wildman–Crippen LogP) is 1.37. The Morgan fingerprint density at radius 1 is 1.45 bits per heavy atom. The molecule has 1 aromatic rings. The molecule has 20 heavy (non-hydrogen) atoms. The van der Waals surface area contributed by atoms with Crippen molar-refractivity contribution in [1.82, 2.24) is 10.6 Å². The average molecular weight is 284 g/mol. The number of carbonyl (C=O) groups excluding carboxylic acids is 1. The average Bonchev–Trinajstić information content (AvgIpc) is 2.37. The summed E-state index contributed by atoms with van der Waals surface area (Å²) in [6, 6.07) is 4.99. The Labute approximate surface area is 118 Å². The molecule has 0 aromatic heterocycles. The molecule has 3 N–H and O–H groups in total. The van der Waals surface area contributed by atoms with E-state index in [0.29, 0.717) is 12.2 Å². The van der Waals surface area contributed by atoms with Crippen LogP contribution < -0.4 is 10.6 Å². The Hall–Kier alpha value is -1.66. The molecule has 2 amide bonds. The lowest BCUT2D eigenvalue weighted by atomic mass is 9.96. The number of rotatable bonds is 6. The molecule has 0 fully saturated rings. The highest BCUT2D eigenvalue weighted by atomic mass is 19.1. The Bertz CT molecular complexity index is 435. The van der Waals surface area contributed by atoms with Crippen LogP contribution >= 0.6 is 0 Å². The highest BCUT2D eigenvalue weighted by Gasteiger charge is 2.24. The van der Waals surface area contributed by atoms with Gasteiger partial charge in [-0.15, -0.1) is 0 Å². The van der Waals surface area contributed by atoms with E-state index in [4.69, 9.17) is 4.74 Å². The molecule has 0 aliphatic heterocycles. The van der Waals surface area contributed by atoms with Gasteiger partial charge in [0.1, 0.15) is 11.4 Å². The van der Waals surface area contributed by atoms with Gasteiger partial charge in [0, 0.05) is 7.11 Å². The van der Waals surface area contributed by atoms with Crippen molar-refractivity contribution in [1.29, 1.82) is 0 Å². The van der Waals surface area contributed by atoms with E-state index in [-0.39, 0.29) is 18.4 Å². The molecule has 0 aliphatic carbocycles. The van der Waals surface area contributed by atoms with E-state index in [1.165, 1.54) is 24.3 Å². The molecule has 0 saturated carbocycles. The number of amides is 2. The van der Waals surface area contributed by atoms with E-state index in [1.807, 2.05) is 0 Å². The third kappa shape index (κ3) is 5.14. The van der Waals surface area contributed by atoms with Gasteiger partial charge in [0.2, 0.25) is 0 Å². The normalized spacial score (nSPS) is 15.2. The zero-order valence-electron chi connectivity index (χ0n) is 11.9. The summed E-state index contributed by atoms with van der Waals surface area (Å²) in [7, 11) is 1.55. The van der Waals surface area contributed by atoms with Crippen molar-refractivity contribution in [3.63, 3.8) is 0 Å². The van der Waals surface area contributed by atoms with Crippen LogP contribution in [0.15, 0.2) is 24.3 Å². The van der Waals surface area contributed by atoms with Gasteiger partial charge < -0.3 is 20.5 Å². The molecule has 1 aromatic carbocycles. The number of aliphatic hydroxyl groups is 1. The fourth-order valence-electron chi connectivity index (χ4n) is 1.73. The number of benzene rings is 1. The van der Waals surface area contributed by atoms with E-state index >= 15 is 0 Å². The number of nitrogens with one attached hydrogen (secondary N) is 2. The van der Waals surface area contributed by atoms with E-state index in [9.17, 15) is 14.3 Å². The van der Waals surface area contributed by atoms with E-state index in [2.05, 4.69) is 10.6 Å². The summed E-state index contributed by atoms with van der Waals surface area (Å²) in [5, 5.41) is 15.5. The van der Waals surface area contributed by atoms with Gasteiger partial charge in [0.15, 0.2) is 0 Å². The maximum absolute atomic E-state index is 12.8. The molecule has 0 spiro atoms. The molecular weight excluding hydrogens is 263 g/mol. The highest BCUT2D eigenvalue weighted by molar-refractivity contribution is 5.74. The number of carbonyl (C=O) groups is 1. The molecular formula is C14H21FN2O3. The first-order valence-corrected chi connectivity index (χ1v) is 6.37. The van der Waals surface area contributed by atoms with E-state index in [1.54, 1.807) is 21.0 Å². The molecule has 6 heteroatoms. The van der Waals surface area contributed by atoms with Crippen LogP contribution in [0.5, 0.6) is 0 Å². The zero-order valence-corrected chi connectivity index (χ0v) is 11.9. The molecule has 0 aliphatic rings. The summed E-state index contributed by atoms with van der Waals surface area (Å²) in [5.41, 5.74) is -0.737. The lowest BCUT2D eigenvalue weighted by Crippen LogP contribution is -2.47. The number of urea groups is 1. The first-order valence-electron chi connectivity index (χ1n) is 6.37. The minimum atomic E-state index is -1.27. The molecule has 112 valence electrons. The Balaban J connectivity index is 2.50. The minimum Gasteiger partial charge on any atom is -0.384 e. The fourth-order valence-corrected chi connectivity index (χ4v) is 1.73. The minimum absolute atomic E-state index is 0.0180. The quantitative estimate of drug-likeness (QED) is 0.739. The largest absolute Gasteiger partial charge is 0.384 e. The molecule has 5 nitrogen and oxygen atoms in total. The van der Waals surface area contributed by atoms with Crippen molar-refractivity contribution in [2.24, 2.45) is 0 Å². The second-order valence-corrected chi connectivity index (χ2v) is 4.96. The smallest absolute Gasteiger partial charge is 0.315 e. The Morgan fingerprint density at radius 3 is 2.60 bits per heavy atom. The number of methoxy groups -OCH3 is 1. The number of halogens is 1. The van der Waals surface area contributed by atoms with Gasteiger partial charge in [-0.3, -0.25) is 0 Å². The maximum atomic E-state index is 12.8. The van der Waals surface area contributed by atoms with Crippen molar-refractivity contribution in [2.75, 3.05) is 20.3 Å². The number of ether oxygens (including phenoxy) is 1. The highest BCUT2D eigenvalue weighted by Crippen LogP contribution is 2.19. The van der Waals surface area contributed by atoms with E-state index < -0.39 is 11.6 Å². The van der Waals surface area contributed by atoms with Gasteiger partial charge in [-0.2, -0.15) is 0 Å². The van der Waals surface area contributed by atoms with Crippen LogP contribution in [0, 0.1) is 5.82 Å². The molecule has 1 rings (SSSR count). The van der Waals surface area contributed by atoms with Crippen molar-refractivity contribution in [3.05, 3.63) is 35.6 Å². The maximum Gasteiger partial charge on any atom is 0.315 e. The van der Waals surface area contributed by atoms with Crippen LogP contribution in [-0.2, 0) is 10.3 Å². The summed E-state index contributed by atoms with van der Waals surface area (Å²) in [6.45, 7) is 3.78. The standard InChI is InChI=1S/C14H21FN2O3/c1-10(8-20-3)17-13(18)16-9-14(2,19)11-4-6-12(15)7-5-11/h4-7,10,19H,8-9H2,1-3H3,(H2,16,17,18). The second-order valence-electron chi connectivity index (χ2n) is 4.96. The van der Waals surface area contributed by atoms with Crippen LogP contribution in [0.2, 0.25) is 0 Å². The third-order valence-electron chi connectivity index (χ3n) is 2.85. The summed E-state index contributed by atoms with van der Waals surface area (Å²) in [6.07, 6.45) is 0. The van der Waals surface area contributed by atoms with Gasteiger partial charge in [0.05, 0.1) is 19.2 Å². The molecule has 2 unspecified atom stereocenters. The molecule has 0 saturated heterocycles. The van der Waals surface area contributed by atoms with Crippen LogP contribution in [0.4, 0.5) is 9.18 Å². The van der Waals surface area contributed by atoms with Gasteiger partial charge in [-0.25, -0.2) is 9.18 Å². The van der Waals surface area contributed by atoms with Crippen molar-refractivity contribution < 1.29 is 19.0 Å². The van der Waals surface area contributed by atoms with Crippen LogP contribution in [0.25, 0.3) is 0 Å². The van der Waals surface area contributed by atoms with Gasteiger partial charge in [-0.1, -0.05) is 12.1 Å². The summed E-state index contributed by atoms with van der Waals surface area (Å²) in [5.74, 6) is -0.372. The Morgan fingerprint density at radius 2 is 2.05 bits per heavy atom. The van der Waals surface area contributed by atoms with Crippen LogP contribution in [-0.4, -0.2) is 37.4 Å². The summed E-state index contributed by atoms with van der Waals surface area (Å²) in [4.78, 5) is 11.6. The van der Waals surface area contributed by atoms with Gasteiger partial charge in [0.25, 0.3) is 0 Å². The van der Waals surface area contributed by atoms with Crippen LogP contribution in [0.1, 0.15) is 19.4 Å². The lowest BCUT2D eigenvalue weighted by Gasteiger charge is -2.25. The first-order chi connectivity index (χ1) is 9.35. The third-order valence-corrected chi connectivity index (χ3v) is 2.85. The monoisotopic (exact) mass is 284 g/mol. The first kappa shape index (κ1) is 16.4. The second kappa shape index (κ2) is 7.21. The number of hydrogen-bond donors (Lipinski definition) is 3. The lowest BCUT2D eigenvalue weighted by molar-refractivity contribution is 0.0590. The molecule has 0 heterocycles. The van der Waals surface area contributed by atoms with Gasteiger partial charge in [-0.05, 0) is 31.5 Å². The summed E-state index contributed by atoms with van der Waals surface area (Å²) < 4.78 is 17.7. The fraction of sp³-hybridized carbons (Fsp3) is 0.500. The van der Waals surface area contributed by atoms with Crippen molar-refractivity contribution in [3.8, 4) is 0 Å². The summed E-state index contributed by atoms with van der Waals surface area (Å²) >= 11 is 0. The SMILES string of the molecule is COCC(C)NC(=O)NCC(C)(O)c1ccc(F)cc1. The number of hydrogen-bond acceptors (Lipinski definition) is 3. The molecule has 0 bridgehead atoms. The molecule has 2 atom stereocenters. The zero-order chi connectivity index (χ0) is 15.2. The van der Waals surface area contributed by atoms with Crippen molar-refractivity contribution >= 4 is 6.03 Å². The van der Waals surface area contributed by atoms with Gasteiger partial charge >= 0.3 is 6.03 Å².